The highest BCUT2D eigenvalue weighted by molar-refractivity contribution is 7.10. The van der Waals surface area contributed by atoms with E-state index in [1.54, 1.807) is 11.3 Å². The maximum absolute atomic E-state index is 13.2. The smallest absolute Gasteiger partial charge is 0.234 e. The van der Waals surface area contributed by atoms with Gasteiger partial charge in [0.2, 0.25) is 5.91 Å². The fraction of sp³-hybridized carbons (Fsp3) is 0.706. The predicted molar refractivity (Wildman–Crippen MR) is 85.4 cm³/mol. The van der Waals surface area contributed by atoms with E-state index in [0.29, 0.717) is 12.5 Å². The number of likely N-dealkylation sites (tertiary alicyclic amines) is 1. The SMILES string of the molecule is CC1CCN(C(=O)C2(c3cccs3)CCCCC2)CC1O. The molecule has 2 aliphatic rings. The summed E-state index contributed by atoms with van der Waals surface area (Å²) in [6.45, 7) is 3.37. The lowest BCUT2D eigenvalue weighted by Crippen LogP contribution is -2.53. The molecule has 1 aliphatic heterocycles. The van der Waals surface area contributed by atoms with Crippen LogP contribution in [-0.2, 0) is 10.2 Å². The zero-order valence-corrected chi connectivity index (χ0v) is 13.6. The van der Waals surface area contributed by atoms with Crippen molar-refractivity contribution in [3.8, 4) is 0 Å². The maximum Gasteiger partial charge on any atom is 0.234 e. The van der Waals surface area contributed by atoms with Crippen LogP contribution < -0.4 is 0 Å². The molecular weight excluding hydrogens is 282 g/mol. The molecule has 2 atom stereocenters. The van der Waals surface area contributed by atoms with Crippen LogP contribution in [-0.4, -0.2) is 35.1 Å². The highest BCUT2D eigenvalue weighted by atomic mass is 32.1. The molecule has 2 heterocycles. The highest BCUT2D eigenvalue weighted by Crippen LogP contribution is 2.43. The third-order valence-electron chi connectivity index (χ3n) is 5.32. The molecule has 1 aromatic rings. The third kappa shape index (κ3) is 2.76. The van der Waals surface area contributed by atoms with Crippen LogP contribution in [0.2, 0.25) is 0 Å². The first-order chi connectivity index (χ1) is 10.1. The Bertz CT molecular complexity index is 479. The van der Waals surface area contributed by atoms with Crippen molar-refractivity contribution >= 4 is 17.2 Å². The summed E-state index contributed by atoms with van der Waals surface area (Å²) >= 11 is 1.71. The number of carbonyl (C=O) groups excluding carboxylic acids is 1. The highest BCUT2D eigenvalue weighted by Gasteiger charge is 2.45. The molecule has 0 aromatic carbocycles. The Morgan fingerprint density at radius 1 is 1.38 bits per heavy atom. The van der Waals surface area contributed by atoms with E-state index < -0.39 is 0 Å². The van der Waals surface area contributed by atoms with Crippen LogP contribution in [0, 0.1) is 5.92 Å². The molecule has 3 rings (SSSR count). The molecule has 1 aliphatic carbocycles. The van der Waals surface area contributed by atoms with E-state index in [-0.39, 0.29) is 17.4 Å². The number of hydrogen-bond donors (Lipinski definition) is 1. The van der Waals surface area contributed by atoms with Gasteiger partial charge in [0.1, 0.15) is 0 Å². The van der Waals surface area contributed by atoms with Crippen LogP contribution >= 0.6 is 11.3 Å². The second-order valence-corrected chi connectivity index (χ2v) is 7.65. The Kier molecular flexibility index (Phi) is 4.36. The summed E-state index contributed by atoms with van der Waals surface area (Å²) in [6, 6.07) is 4.17. The van der Waals surface area contributed by atoms with Crippen molar-refractivity contribution in [2.45, 2.75) is 57.0 Å². The van der Waals surface area contributed by atoms with Gasteiger partial charge in [-0.05, 0) is 36.6 Å². The molecule has 0 bridgehead atoms. The molecule has 4 heteroatoms. The molecule has 0 radical (unpaired) electrons. The third-order valence-corrected chi connectivity index (χ3v) is 6.39. The van der Waals surface area contributed by atoms with Gasteiger partial charge in [-0.15, -0.1) is 11.3 Å². The van der Waals surface area contributed by atoms with Gasteiger partial charge >= 0.3 is 0 Å². The Hall–Kier alpha value is -0.870. The first-order valence-corrected chi connectivity index (χ1v) is 9.03. The minimum absolute atomic E-state index is 0.260. The van der Waals surface area contributed by atoms with Crippen molar-refractivity contribution < 1.29 is 9.90 Å². The van der Waals surface area contributed by atoms with Crippen LogP contribution in [0.3, 0.4) is 0 Å². The molecule has 2 fully saturated rings. The number of amides is 1. The molecule has 1 aromatic heterocycles. The van der Waals surface area contributed by atoms with Crippen LogP contribution in [0.15, 0.2) is 17.5 Å². The van der Waals surface area contributed by atoms with E-state index in [1.807, 2.05) is 4.90 Å². The molecule has 0 spiro atoms. The number of hydrogen-bond acceptors (Lipinski definition) is 3. The standard InChI is InChI=1S/C17H25NO2S/c1-13-7-10-18(12-14(13)19)16(20)17(8-3-2-4-9-17)15-6-5-11-21-15/h5-6,11,13-14,19H,2-4,7-10,12H2,1H3. The van der Waals surface area contributed by atoms with Crippen molar-refractivity contribution in [1.82, 2.24) is 4.90 Å². The van der Waals surface area contributed by atoms with Crippen LogP contribution in [0.4, 0.5) is 0 Å². The Balaban J connectivity index is 1.85. The van der Waals surface area contributed by atoms with Crippen molar-refractivity contribution in [2.75, 3.05) is 13.1 Å². The predicted octanol–water partition coefficient (Wildman–Crippen LogP) is 3.18. The number of carbonyl (C=O) groups is 1. The second kappa shape index (κ2) is 6.09. The van der Waals surface area contributed by atoms with Gasteiger partial charge in [0, 0.05) is 18.0 Å². The van der Waals surface area contributed by atoms with Crippen molar-refractivity contribution in [3.63, 3.8) is 0 Å². The fourth-order valence-corrected chi connectivity index (χ4v) is 4.79. The molecular formula is C17H25NO2S. The number of aliphatic hydroxyl groups is 1. The fourth-order valence-electron chi connectivity index (χ4n) is 3.81. The zero-order chi connectivity index (χ0) is 14.9. The van der Waals surface area contributed by atoms with E-state index in [0.717, 1.165) is 38.6 Å². The van der Waals surface area contributed by atoms with Gasteiger partial charge in [-0.1, -0.05) is 32.3 Å². The Morgan fingerprint density at radius 3 is 2.76 bits per heavy atom. The molecule has 21 heavy (non-hydrogen) atoms. The molecule has 1 saturated carbocycles. The quantitative estimate of drug-likeness (QED) is 0.911. The average molecular weight is 307 g/mol. The van der Waals surface area contributed by atoms with Gasteiger partial charge in [0.05, 0.1) is 11.5 Å². The molecule has 1 N–H and O–H groups in total. The van der Waals surface area contributed by atoms with Crippen molar-refractivity contribution in [3.05, 3.63) is 22.4 Å². The first-order valence-electron chi connectivity index (χ1n) is 8.15. The monoisotopic (exact) mass is 307 g/mol. The first kappa shape index (κ1) is 15.0. The second-order valence-electron chi connectivity index (χ2n) is 6.70. The molecule has 1 saturated heterocycles. The van der Waals surface area contributed by atoms with E-state index >= 15 is 0 Å². The van der Waals surface area contributed by atoms with Gasteiger partial charge in [-0.3, -0.25) is 4.79 Å². The number of β-amino-alcohol motifs (C(OH)–C–C–N with tert-alkyl or cyclic N) is 1. The minimum atomic E-state index is -0.369. The normalized spacial score (nSPS) is 29.3. The summed E-state index contributed by atoms with van der Waals surface area (Å²) in [4.78, 5) is 16.4. The maximum atomic E-state index is 13.2. The number of aliphatic hydroxyl groups excluding tert-OH is 1. The molecule has 2 unspecified atom stereocenters. The number of piperidine rings is 1. The topological polar surface area (TPSA) is 40.5 Å². The molecule has 1 amide bonds. The largest absolute Gasteiger partial charge is 0.391 e. The Labute approximate surface area is 131 Å². The van der Waals surface area contributed by atoms with Gasteiger partial charge < -0.3 is 10.0 Å². The van der Waals surface area contributed by atoms with Crippen molar-refractivity contribution in [2.24, 2.45) is 5.92 Å². The van der Waals surface area contributed by atoms with Gasteiger partial charge in [0.15, 0.2) is 0 Å². The minimum Gasteiger partial charge on any atom is -0.391 e. The zero-order valence-electron chi connectivity index (χ0n) is 12.8. The van der Waals surface area contributed by atoms with Gasteiger partial charge in [-0.2, -0.15) is 0 Å². The van der Waals surface area contributed by atoms with Crippen LogP contribution in [0.25, 0.3) is 0 Å². The van der Waals surface area contributed by atoms with Crippen LogP contribution in [0.1, 0.15) is 50.3 Å². The summed E-state index contributed by atoms with van der Waals surface area (Å²) in [5.74, 6) is 0.564. The van der Waals surface area contributed by atoms with E-state index in [2.05, 4.69) is 24.4 Å². The van der Waals surface area contributed by atoms with E-state index in [9.17, 15) is 9.90 Å². The number of nitrogens with zero attached hydrogens (tertiary/aromatic N) is 1. The number of rotatable bonds is 2. The van der Waals surface area contributed by atoms with Gasteiger partial charge in [-0.25, -0.2) is 0 Å². The summed E-state index contributed by atoms with van der Waals surface area (Å²) < 4.78 is 0. The average Bonchev–Trinajstić information content (AvgIpc) is 3.05. The summed E-state index contributed by atoms with van der Waals surface area (Å²) in [5.41, 5.74) is -0.313. The van der Waals surface area contributed by atoms with Crippen LogP contribution in [0.5, 0.6) is 0 Å². The molecule has 3 nitrogen and oxygen atoms in total. The summed E-state index contributed by atoms with van der Waals surface area (Å²) in [7, 11) is 0. The Morgan fingerprint density at radius 2 is 2.14 bits per heavy atom. The van der Waals surface area contributed by atoms with Gasteiger partial charge in [0.25, 0.3) is 0 Å². The summed E-state index contributed by atoms with van der Waals surface area (Å²) in [5, 5.41) is 12.2. The lowest BCUT2D eigenvalue weighted by molar-refractivity contribution is -0.143. The lowest BCUT2D eigenvalue weighted by Gasteiger charge is -2.42. The summed E-state index contributed by atoms with van der Waals surface area (Å²) in [6.07, 6.45) is 5.98. The van der Waals surface area contributed by atoms with E-state index in [4.69, 9.17) is 0 Å². The lowest BCUT2D eigenvalue weighted by atomic mass is 9.71. The van der Waals surface area contributed by atoms with E-state index in [1.165, 1.54) is 11.3 Å². The molecule has 116 valence electrons. The van der Waals surface area contributed by atoms with Crippen molar-refractivity contribution in [1.29, 1.82) is 0 Å². The number of thiophene rings is 1.